The molecule has 0 spiro atoms. The van der Waals surface area contributed by atoms with Gasteiger partial charge >= 0.3 is 0 Å². The highest BCUT2D eigenvalue weighted by Gasteiger charge is 2.19. The van der Waals surface area contributed by atoms with Crippen molar-refractivity contribution in [3.8, 4) is 0 Å². The number of hydrogen-bond donors (Lipinski definition) is 2. The highest BCUT2D eigenvalue weighted by Crippen LogP contribution is 2.34. The number of benzene rings is 1. The first kappa shape index (κ1) is 19.3. The van der Waals surface area contributed by atoms with Gasteiger partial charge in [-0.3, -0.25) is 9.59 Å². The number of nitrogen functional groups attached to an aromatic ring is 1. The van der Waals surface area contributed by atoms with Crippen molar-refractivity contribution in [2.45, 2.75) is 38.1 Å². The lowest BCUT2D eigenvalue weighted by molar-refractivity contribution is -0.115. The molecule has 27 heavy (non-hydrogen) atoms. The number of hydrogen-bond acceptors (Lipinski definition) is 7. The number of rotatable bonds is 5. The van der Waals surface area contributed by atoms with Crippen molar-refractivity contribution in [1.82, 2.24) is 9.97 Å². The standard InChI is InChI=1S/C19H20N4O2S2/c1-9-11(3)26-18-15(9)16(20)22-19(23-18)27-12(4)17(25)21-14-7-5-13(6-8-14)10(2)24/h5-8,12H,1-4H3,(H,21,25)(H2,20,22,23). The molecule has 3 rings (SSSR count). The minimum absolute atomic E-state index is 0.0130. The van der Waals surface area contributed by atoms with Crippen molar-refractivity contribution < 1.29 is 9.59 Å². The summed E-state index contributed by atoms with van der Waals surface area (Å²) in [6, 6.07) is 6.80. The Hall–Kier alpha value is -2.45. The van der Waals surface area contributed by atoms with Crippen LogP contribution in [-0.2, 0) is 4.79 Å². The molecule has 8 heteroatoms. The fourth-order valence-corrected chi connectivity index (χ4v) is 4.43. The van der Waals surface area contributed by atoms with Crippen molar-refractivity contribution in [2.75, 3.05) is 11.1 Å². The van der Waals surface area contributed by atoms with Crippen molar-refractivity contribution in [1.29, 1.82) is 0 Å². The van der Waals surface area contributed by atoms with E-state index in [-0.39, 0.29) is 11.7 Å². The Balaban J connectivity index is 1.72. The molecule has 3 N–H and O–H groups in total. The Kier molecular flexibility index (Phi) is 5.48. The Labute approximate surface area is 165 Å². The molecule has 1 unspecified atom stereocenters. The van der Waals surface area contributed by atoms with Crippen molar-refractivity contribution in [3.63, 3.8) is 0 Å². The number of ketones is 1. The summed E-state index contributed by atoms with van der Waals surface area (Å²) in [5, 5.41) is 3.81. The molecule has 0 aliphatic heterocycles. The van der Waals surface area contributed by atoms with Crippen LogP contribution in [0.15, 0.2) is 29.4 Å². The van der Waals surface area contributed by atoms with Crippen LogP contribution in [-0.4, -0.2) is 26.9 Å². The van der Waals surface area contributed by atoms with Crippen LogP contribution in [0.25, 0.3) is 10.2 Å². The highest BCUT2D eigenvalue weighted by atomic mass is 32.2. The van der Waals surface area contributed by atoms with Crippen LogP contribution in [0.1, 0.15) is 34.6 Å². The van der Waals surface area contributed by atoms with Gasteiger partial charge in [-0.2, -0.15) is 0 Å². The molecule has 140 valence electrons. The van der Waals surface area contributed by atoms with E-state index in [1.165, 1.54) is 18.7 Å². The Morgan fingerprint density at radius 2 is 1.85 bits per heavy atom. The molecule has 1 atom stereocenters. The molecule has 1 aromatic carbocycles. The zero-order chi connectivity index (χ0) is 19.7. The van der Waals surface area contributed by atoms with Gasteiger partial charge in [-0.05, 0) is 57.5 Å². The molecule has 0 aliphatic carbocycles. The van der Waals surface area contributed by atoms with Crippen molar-refractivity contribution in [2.24, 2.45) is 0 Å². The number of carbonyl (C=O) groups excluding carboxylic acids is 2. The Morgan fingerprint density at radius 1 is 1.19 bits per heavy atom. The number of nitrogens with one attached hydrogen (secondary N) is 1. The lowest BCUT2D eigenvalue weighted by atomic mass is 10.1. The molecule has 0 saturated carbocycles. The smallest absolute Gasteiger partial charge is 0.237 e. The van der Waals surface area contributed by atoms with Gasteiger partial charge in [0, 0.05) is 16.1 Å². The zero-order valence-electron chi connectivity index (χ0n) is 15.5. The number of carbonyl (C=O) groups is 2. The van der Waals surface area contributed by atoms with Crippen LogP contribution >= 0.6 is 23.1 Å². The van der Waals surface area contributed by atoms with Gasteiger partial charge in [0.15, 0.2) is 10.9 Å². The quantitative estimate of drug-likeness (QED) is 0.378. The predicted octanol–water partition coefficient (Wildman–Crippen LogP) is 4.21. The first-order chi connectivity index (χ1) is 12.8. The number of thiophene rings is 1. The van der Waals surface area contributed by atoms with E-state index in [2.05, 4.69) is 15.3 Å². The second-order valence-electron chi connectivity index (χ2n) is 6.24. The maximum atomic E-state index is 12.5. The van der Waals surface area contributed by atoms with Crippen LogP contribution < -0.4 is 11.1 Å². The normalized spacial score (nSPS) is 12.1. The molecule has 6 nitrogen and oxygen atoms in total. The summed E-state index contributed by atoms with van der Waals surface area (Å²) in [7, 11) is 0. The van der Waals surface area contributed by atoms with Gasteiger partial charge in [-0.15, -0.1) is 11.3 Å². The van der Waals surface area contributed by atoms with Crippen LogP contribution in [0, 0.1) is 13.8 Å². The van der Waals surface area contributed by atoms with E-state index in [1.54, 1.807) is 42.5 Å². The summed E-state index contributed by atoms with van der Waals surface area (Å²) >= 11 is 2.84. The number of fused-ring (bicyclic) bond motifs is 1. The Morgan fingerprint density at radius 3 is 2.48 bits per heavy atom. The molecule has 0 bridgehead atoms. The van der Waals surface area contributed by atoms with Crippen LogP contribution in [0.3, 0.4) is 0 Å². The molecule has 1 amide bonds. The van der Waals surface area contributed by atoms with Crippen LogP contribution in [0.5, 0.6) is 0 Å². The third kappa shape index (κ3) is 4.12. The first-order valence-electron chi connectivity index (χ1n) is 8.38. The molecule has 2 heterocycles. The number of aryl methyl sites for hydroxylation is 2. The van der Waals surface area contributed by atoms with Crippen molar-refractivity contribution in [3.05, 3.63) is 40.3 Å². The van der Waals surface area contributed by atoms with Crippen molar-refractivity contribution >= 4 is 56.5 Å². The molecule has 0 radical (unpaired) electrons. The summed E-state index contributed by atoms with van der Waals surface area (Å²) in [5.74, 6) is 0.258. The van der Waals surface area contributed by atoms with E-state index in [9.17, 15) is 9.59 Å². The molecule has 0 fully saturated rings. The van der Waals surface area contributed by atoms with Gasteiger partial charge in [0.2, 0.25) is 5.91 Å². The average molecular weight is 401 g/mol. The lowest BCUT2D eigenvalue weighted by Gasteiger charge is -2.12. The molecular weight excluding hydrogens is 380 g/mol. The third-order valence-corrected chi connectivity index (χ3v) is 6.31. The van der Waals surface area contributed by atoms with E-state index < -0.39 is 5.25 Å². The Bertz CT molecular complexity index is 1030. The van der Waals surface area contributed by atoms with Crippen LogP contribution in [0.4, 0.5) is 11.5 Å². The van der Waals surface area contributed by atoms with E-state index in [0.717, 1.165) is 20.7 Å². The lowest BCUT2D eigenvalue weighted by Crippen LogP contribution is -2.22. The number of nitrogens with zero attached hydrogens (tertiary/aromatic N) is 2. The minimum Gasteiger partial charge on any atom is -0.383 e. The molecule has 0 saturated heterocycles. The molecular formula is C19H20N4O2S2. The number of anilines is 2. The van der Waals surface area contributed by atoms with E-state index in [0.29, 0.717) is 22.2 Å². The monoisotopic (exact) mass is 400 g/mol. The maximum absolute atomic E-state index is 12.5. The summed E-state index contributed by atoms with van der Waals surface area (Å²) in [4.78, 5) is 34.7. The number of nitrogens with two attached hydrogens (primary N) is 1. The van der Waals surface area contributed by atoms with Gasteiger partial charge in [0.05, 0.1) is 10.6 Å². The second-order valence-corrected chi connectivity index (χ2v) is 8.75. The molecule has 0 aliphatic rings. The predicted molar refractivity (Wildman–Crippen MR) is 112 cm³/mol. The number of aromatic nitrogens is 2. The van der Waals surface area contributed by atoms with E-state index >= 15 is 0 Å². The number of thioether (sulfide) groups is 1. The third-order valence-electron chi connectivity index (χ3n) is 4.25. The van der Waals surface area contributed by atoms with E-state index in [4.69, 9.17) is 5.73 Å². The SMILES string of the molecule is CC(=O)c1ccc(NC(=O)C(C)Sc2nc(N)c3c(C)c(C)sc3n2)cc1. The highest BCUT2D eigenvalue weighted by molar-refractivity contribution is 8.00. The second kappa shape index (κ2) is 7.66. The van der Waals surface area contributed by atoms with Gasteiger partial charge in [-0.1, -0.05) is 11.8 Å². The summed E-state index contributed by atoms with van der Waals surface area (Å²) in [5.41, 5.74) is 8.44. The van der Waals surface area contributed by atoms with E-state index in [1.807, 2.05) is 13.8 Å². The van der Waals surface area contributed by atoms with Gasteiger partial charge in [0.25, 0.3) is 0 Å². The average Bonchev–Trinajstić information content (AvgIpc) is 2.89. The topological polar surface area (TPSA) is 98.0 Å². The summed E-state index contributed by atoms with van der Waals surface area (Å²) in [6.07, 6.45) is 0. The van der Waals surface area contributed by atoms with Gasteiger partial charge < -0.3 is 11.1 Å². The fraction of sp³-hybridized carbons (Fsp3) is 0.263. The maximum Gasteiger partial charge on any atom is 0.237 e. The number of Topliss-reactive ketones (excluding diaryl/α,β-unsaturated/α-hetero) is 1. The largest absolute Gasteiger partial charge is 0.383 e. The van der Waals surface area contributed by atoms with Gasteiger partial charge in [0.1, 0.15) is 10.6 Å². The molecule has 2 aromatic heterocycles. The minimum atomic E-state index is -0.406. The first-order valence-corrected chi connectivity index (χ1v) is 10.1. The fourth-order valence-electron chi connectivity index (χ4n) is 2.56. The van der Waals surface area contributed by atoms with Gasteiger partial charge in [-0.25, -0.2) is 9.97 Å². The summed E-state index contributed by atoms with van der Waals surface area (Å²) in [6.45, 7) is 7.33. The summed E-state index contributed by atoms with van der Waals surface area (Å²) < 4.78 is 0. The number of amides is 1. The van der Waals surface area contributed by atoms with Crippen LogP contribution in [0.2, 0.25) is 0 Å². The zero-order valence-corrected chi connectivity index (χ0v) is 17.1. The molecule has 3 aromatic rings.